The molecule has 0 aliphatic heterocycles. The van der Waals surface area contributed by atoms with E-state index in [1.165, 1.54) is 17.3 Å². The first-order chi connectivity index (χ1) is 11.4. The Labute approximate surface area is 146 Å². The van der Waals surface area contributed by atoms with Gasteiger partial charge in [-0.3, -0.25) is 4.98 Å². The number of aromatic nitrogens is 4. The molecule has 1 aromatic carbocycles. The third-order valence-electron chi connectivity index (χ3n) is 3.75. The Morgan fingerprint density at radius 1 is 1.04 bits per heavy atom. The van der Waals surface area contributed by atoms with Gasteiger partial charge in [0.2, 0.25) is 5.16 Å². The van der Waals surface area contributed by atoms with Gasteiger partial charge in [0, 0.05) is 17.5 Å². The van der Waals surface area contributed by atoms with Crippen molar-refractivity contribution in [2.24, 2.45) is 0 Å². The number of hydrogen-bond acceptors (Lipinski definition) is 5. The molecule has 2 N–H and O–H groups in total. The first-order valence-corrected chi connectivity index (χ1v) is 8.78. The Morgan fingerprint density at radius 3 is 2.42 bits per heavy atom. The van der Waals surface area contributed by atoms with Gasteiger partial charge < -0.3 is 5.84 Å². The van der Waals surface area contributed by atoms with E-state index >= 15 is 0 Å². The zero-order valence-electron chi connectivity index (χ0n) is 14.1. The van der Waals surface area contributed by atoms with Crippen molar-refractivity contribution < 1.29 is 0 Å². The fraction of sp³-hybridized carbons (Fsp3) is 0.278. The van der Waals surface area contributed by atoms with Crippen LogP contribution in [-0.2, 0) is 11.2 Å². The molecule has 0 fully saturated rings. The third-order valence-corrected chi connectivity index (χ3v) is 4.73. The third kappa shape index (κ3) is 3.59. The minimum atomic E-state index is 0.124. The van der Waals surface area contributed by atoms with Gasteiger partial charge >= 0.3 is 0 Å². The Balaban J connectivity index is 1.77. The lowest BCUT2D eigenvalue weighted by Crippen LogP contribution is -2.12. The summed E-state index contributed by atoms with van der Waals surface area (Å²) in [5.74, 6) is 7.55. The first-order valence-electron chi connectivity index (χ1n) is 7.79. The van der Waals surface area contributed by atoms with E-state index in [1.54, 1.807) is 10.9 Å². The second-order valence-corrected chi connectivity index (χ2v) is 7.56. The summed E-state index contributed by atoms with van der Waals surface area (Å²) >= 11 is 1.52. The number of rotatable bonds is 4. The van der Waals surface area contributed by atoms with Crippen LogP contribution < -0.4 is 5.84 Å². The molecule has 0 radical (unpaired) electrons. The van der Waals surface area contributed by atoms with Crippen LogP contribution in [0.4, 0.5) is 0 Å². The van der Waals surface area contributed by atoms with E-state index in [-0.39, 0.29) is 5.41 Å². The highest BCUT2D eigenvalue weighted by atomic mass is 32.2. The van der Waals surface area contributed by atoms with Crippen LogP contribution in [0.1, 0.15) is 32.0 Å². The van der Waals surface area contributed by atoms with Crippen LogP contribution in [0.5, 0.6) is 0 Å². The van der Waals surface area contributed by atoms with E-state index in [2.05, 4.69) is 48.1 Å². The second kappa shape index (κ2) is 6.65. The van der Waals surface area contributed by atoms with Gasteiger partial charge in [-0.1, -0.05) is 62.9 Å². The predicted octanol–water partition coefficient (Wildman–Crippen LogP) is 3.64. The van der Waals surface area contributed by atoms with E-state index in [4.69, 9.17) is 5.84 Å². The quantitative estimate of drug-likeness (QED) is 0.580. The fourth-order valence-corrected chi connectivity index (χ4v) is 3.09. The molecule has 0 spiro atoms. The van der Waals surface area contributed by atoms with E-state index in [9.17, 15) is 0 Å². The number of hydrogen-bond donors (Lipinski definition) is 1. The van der Waals surface area contributed by atoms with Gasteiger partial charge in [-0.15, -0.1) is 10.2 Å². The van der Waals surface area contributed by atoms with Crippen molar-refractivity contribution in [1.82, 2.24) is 19.9 Å². The maximum absolute atomic E-state index is 6.17. The van der Waals surface area contributed by atoms with Crippen LogP contribution in [0.15, 0.2) is 53.8 Å². The highest BCUT2D eigenvalue weighted by Gasteiger charge is 2.16. The Bertz CT molecular complexity index is 804. The van der Waals surface area contributed by atoms with Crippen LogP contribution in [0, 0.1) is 0 Å². The molecule has 124 valence electrons. The monoisotopic (exact) mass is 339 g/mol. The number of pyridine rings is 1. The maximum Gasteiger partial charge on any atom is 0.210 e. The molecule has 0 unspecified atom stereocenters. The molecule has 0 amide bonds. The number of benzene rings is 1. The van der Waals surface area contributed by atoms with Crippen LogP contribution >= 0.6 is 11.8 Å². The second-order valence-electron chi connectivity index (χ2n) is 6.61. The largest absolute Gasteiger partial charge is 0.335 e. The van der Waals surface area contributed by atoms with E-state index < -0.39 is 0 Å². The van der Waals surface area contributed by atoms with Crippen molar-refractivity contribution in [2.45, 2.75) is 37.1 Å². The first kappa shape index (κ1) is 16.5. The minimum absolute atomic E-state index is 0.124. The molecule has 0 aliphatic carbocycles. The van der Waals surface area contributed by atoms with Crippen molar-refractivity contribution in [1.29, 1.82) is 0 Å². The van der Waals surface area contributed by atoms with Crippen LogP contribution in [0.2, 0.25) is 0 Å². The Hall–Kier alpha value is -2.34. The molecule has 2 aromatic heterocycles. The number of nitrogens with two attached hydrogens (primary N) is 1. The summed E-state index contributed by atoms with van der Waals surface area (Å²) in [6.45, 7) is 6.58. The van der Waals surface area contributed by atoms with Gasteiger partial charge in [0.1, 0.15) is 0 Å². The zero-order valence-corrected chi connectivity index (χ0v) is 14.9. The fourth-order valence-electron chi connectivity index (χ4n) is 2.31. The molecule has 0 atom stereocenters. The van der Waals surface area contributed by atoms with Crippen molar-refractivity contribution in [3.8, 4) is 11.4 Å². The smallest absolute Gasteiger partial charge is 0.210 e. The van der Waals surface area contributed by atoms with Gasteiger partial charge in [-0.25, -0.2) is 4.68 Å². The molecule has 0 bridgehead atoms. The topological polar surface area (TPSA) is 69.6 Å². The molecule has 3 rings (SSSR count). The molecule has 0 saturated heterocycles. The lowest BCUT2D eigenvalue weighted by atomic mass is 9.87. The van der Waals surface area contributed by atoms with Crippen molar-refractivity contribution >= 4 is 11.8 Å². The summed E-state index contributed by atoms with van der Waals surface area (Å²) in [5.41, 5.74) is 3.35. The van der Waals surface area contributed by atoms with Crippen LogP contribution in [0.25, 0.3) is 11.4 Å². The maximum atomic E-state index is 6.17. The number of nitrogen functional groups attached to an aromatic ring is 1. The molecule has 2 heterocycles. The van der Waals surface area contributed by atoms with E-state index in [0.29, 0.717) is 16.7 Å². The van der Waals surface area contributed by atoms with Gasteiger partial charge in [0.15, 0.2) is 5.82 Å². The van der Waals surface area contributed by atoms with Gasteiger partial charge in [-0.2, -0.15) is 0 Å². The highest BCUT2D eigenvalue weighted by molar-refractivity contribution is 7.98. The SMILES string of the molecule is CC(C)(C)c1ccc(-c2nnc(SCc3ccccn3)n2N)cc1. The van der Waals surface area contributed by atoms with Gasteiger partial charge in [0.05, 0.1) is 5.69 Å². The van der Waals surface area contributed by atoms with Gasteiger partial charge in [-0.05, 0) is 23.1 Å². The molecule has 3 aromatic rings. The van der Waals surface area contributed by atoms with E-state index in [1.807, 2.05) is 30.3 Å². The number of thioether (sulfide) groups is 1. The number of nitrogens with zero attached hydrogens (tertiary/aromatic N) is 4. The van der Waals surface area contributed by atoms with Crippen molar-refractivity contribution in [3.63, 3.8) is 0 Å². The molecule has 0 saturated carbocycles. The van der Waals surface area contributed by atoms with Crippen molar-refractivity contribution in [2.75, 3.05) is 5.84 Å². The summed E-state index contributed by atoms with van der Waals surface area (Å²) in [6.07, 6.45) is 1.78. The molecular formula is C18H21N5S. The summed E-state index contributed by atoms with van der Waals surface area (Å²) in [6, 6.07) is 14.2. The average Bonchev–Trinajstić information content (AvgIpc) is 2.94. The lowest BCUT2D eigenvalue weighted by molar-refractivity contribution is 0.590. The molecule has 24 heavy (non-hydrogen) atoms. The summed E-state index contributed by atoms with van der Waals surface area (Å²) in [5, 5.41) is 9.11. The normalized spacial score (nSPS) is 11.6. The standard InChI is InChI=1S/C18H21N5S/c1-18(2,3)14-9-7-13(8-10-14)16-21-22-17(23(16)19)24-12-15-6-4-5-11-20-15/h4-11H,12,19H2,1-3H3. The molecule has 5 nitrogen and oxygen atoms in total. The molecular weight excluding hydrogens is 318 g/mol. The van der Waals surface area contributed by atoms with Crippen LogP contribution in [-0.4, -0.2) is 19.9 Å². The van der Waals surface area contributed by atoms with Crippen LogP contribution in [0.3, 0.4) is 0 Å². The zero-order chi connectivity index (χ0) is 17.2. The highest BCUT2D eigenvalue weighted by Crippen LogP contribution is 2.27. The Kier molecular flexibility index (Phi) is 4.57. The predicted molar refractivity (Wildman–Crippen MR) is 98.1 cm³/mol. The summed E-state index contributed by atoms with van der Waals surface area (Å²) < 4.78 is 1.54. The molecule has 0 aliphatic rings. The Morgan fingerprint density at radius 2 is 1.79 bits per heavy atom. The summed E-state index contributed by atoms with van der Waals surface area (Å²) in [4.78, 5) is 4.30. The summed E-state index contributed by atoms with van der Waals surface area (Å²) in [7, 11) is 0. The lowest BCUT2D eigenvalue weighted by Gasteiger charge is -2.19. The van der Waals surface area contributed by atoms with Gasteiger partial charge in [0.25, 0.3) is 0 Å². The minimum Gasteiger partial charge on any atom is -0.335 e. The molecule has 6 heteroatoms. The van der Waals surface area contributed by atoms with E-state index in [0.717, 1.165) is 11.3 Å². The van der Waals surface area contributed by atoms with Crippen molar-refractivity contribution in [3.05, 3.63) is 59.9 Å². The average molecular weight is 339 g/mol.